The van der Waals surface area contributed by atoms with E-state index in [-0.39, 0.29) is 11.3 Å². The molecule has 2 N–H and O–H groups in total. The number of carbonyl (C=O) groups is 2. The maximum atomic E-state index is 12.6. The molecule has 3 rings (SSSR count). The molecule has 0 spiro atoms. The molecule has 0 unspecified atom stereocenters. The Morgan fingerprint density at radius 3 is 2.38 bits per heavy atom. The van der Waals surface area contributed by atoms with Crippen LogP contribution in [0.4, 0.5) is 22.7 Å². The maximum absolute atomic E-state index is 12.6. The van der Waals surface area contributed by atoms with Crippen LogP contribution in [-0.2, 0) is 4.74 Å². The minimum Gasteiger partial charge on any atom is -0.465 e. The quantitative estimate of drug-likeness (QED) is 0.621. The summed E-state index contributed by atoms with van der Waals surface area (Å²) in [6.07, 6.45) is 1.55. The fraction of sp³-hybridized carbons (Fsp3) is 0.136. The van der Waals surface area contributed by atoms with Crippen LogP contribution in [0.1, 0.15) is 20.8 Å². The smallest absolute Gasteiger partial charge is 0.339 e. The average molecular weight is 390 g/mol. The Kier molecular flexibility index (Phi) is 6.09. The Balaban J connectivity index is 1.76. The third-order valence-electron chi connectivity index (χ3n) is 4.25. The maximum Gasteiger partial charge on any atom is 0.339 e. The second-order valence-electron chi connectivity index (χ2n) is 6.49. The number of hydrogen-bond donors (Lipinski definition) is 2. The summed E-state index contributed by atoms with van der Waals surface area (Å²) >= 11 is 0. The summed E-state index contributed by atoms with van der Waals surface area (Å²) in [6.45, 7) is 0. The zero-order valence-electron chi connectivity index (χ0n) is 16.5. The number of amides is 1. The number of nitrogens with one attached hydrogen (secondary N) is 2. The molecule has 0 fully saturated rings. The third-order valence-corrected chi connectivity index (χ3v) is 4.25. The van der Waals surface area contributed by atoms with Crippen molar-refractivity contribution in [3.05, 3.63) is 78.1 Å². The molecule has 29 heavy (non-hydrogen) atoms. The lowest BCUT2D eigenvalue weighted by atomic mass is 10.1. The Labute approximate surface area is 169 Å². The number of nitrogens with zero attached hydrogens (tertiary/aromatic N) is 2. The lowest BCUT2D eigenvalue weighted by Gasteiger charge is -2.14. The molecule has 7 nitrogen and oxygen atoms in total. The van der Waals surface area contributed by atoms with Crippen molar-refractivity contribution < 1.29 is 14.3 Å². The summed E-state index contributed by atoms with van der Waals surface area (Å²) in [5, 5.41) is 5.97. The van der Waals surface area contributed by atoms with E-state index in [2.05, 4.69) is 15.6 Å². The largest absolute Gasteiger partial charge is 0.465 e. The van der Waals surface area contributed by atoms with Gasteiger partial charge in [-0.1, -0.05) is 12.1 Å². The SMILES string of the molecule is COC(=O)c1ccccc1NC(=O)c1cc(Nc2ccc(N(C)C)cc2)ccn1. The van der Waals surface area contributed by atoms with Gasteiger partial charge < -0.3 is 20.3 Å². The van der Waals surface area contributed by atoms with E-state index in [1.54, 1.807) is 42.6 Å². The lowest BCUT2D eigenvalue weighted by Crippen LogP contribution is -2.16. The summed E-state index contributed by atoms with van der Waals surface area (Å²) in [5.41, 5.74) is 3.57. The van der Waals surface area contributed by atoms with E-state index in [1.165, 1.54) is 7.11 Å². The number of hydrogen-bond acceptors (Lipinski definition) is 6. The molecule has 1 amide bonds. The molecule has 148 valence electrons. The number of methoxy groups -OCH3 is 1. The predicted molar refractivity (Wildman–Crippen MR) is 114 cm³/mol. The van der Waals surface area contributed by atoms with Gasteiger partial charge in [0.15, 0.2) is 0 Å². The van der Waals surface area contributed by atoms with Gasteiger partial charge in [-0.3, -0.25) is 9.78 Å². The standard InChI is InChI=1S/C22H22N4O3/c1-26(2)17-10-8-15(9-11-17)24-16-12-13-23-20(14-16)21(27)25-19-7-5-4-6-18(19)22(28)29-3/h4-14H,1-3H3,(H,23,24)(H,25,27). The Bertz CT molecular complexity index is 1020. The highest BCUT2D eigenvalue weighted by Gasteiger charge is 2.15. The van der Waals surface area contributed by atoms with E-state index in [0.717, 1.165) is 17.1 Å². The summed E-state index contributed by atoms with van der Waals surface area (Å²) in [5.74, 6) is -0.946. The number of benzene rings is 2. The molecule has 0 bridgehead atoms. The van der Waals surface area contributed by atoms with Gasteiger partial charge >= 0.3 is 5.97 Å². The first-order valence-corrected chi connectivity index (χ1v) is 8.97. The monoisotopic (exact) mass is 390 g/mol. The van der Waals surface area contributed by atoms with Crippen molar-refractivity contribution in [1.29, 1.82) is 0 Å². The second-order valence-corrected chi connectivity index (χ2v) is 6.49. The van der Waals surface area contributed by atoms with Crippen molar-refractivity contribution in [3.63, 3.8) is 0 Å². The first-order valence-electron chi connectivity index (χ1n) is 8.97. The molecular formula is C22H22N4O3. The fourth-order valence-corrected chi connectivity index (χ4v) is 2.71. The number of ether oxygens (including phenoxy) is 1. The van der Waals surface area contributed by atoms with Crippen LogP contribution < -0.4 is 15.5 Å². The minimum atomic E-state index is -0.523. The van der Waals surface area contributed by atoms with Gasteiger partial charge in [-0.05, 0) is 48.5 Å². The molecule has 1 heterocycles. The molecule has 0 aliphatic heterocycles. The van der Waals surface area contributed by atoms with Crippen molar-refractivity contribution >= 4 is 34.6 Å². The lowest BCUT2D eigenvalue weighted by molar-refractivity contribution is 0.0602. The summed E-state index contributed by atoms with van der Waals surface area (Å²) in [4.78, 5) is 30.7. The van der Waals surface area contributed by atoms with Gasteiger partial charge in [-0.2, -0.15) is 0 Å². The van der Waals surface area contributed by atoms with E-state index in [4.69, 9.17) is 4.74 Å². The van der Waals surface area contributed by atoms with Crippen molar-refractivity contribution in [1.82, 2.24) is 4.98 Å². The number of aromatic nitrogens is 1. The first kappa shape index (κ1) is 19.9. The second kappa shape index (κ2) is 8.88. The topological polar surface area (TPSA) is 83.6 Å². The number of para-hydroxylation sites is 1. The Morgan fingerprint density at radius 1 is 0.966 bits per heavy atom. The van der Waals surface area contributed by atoms with Gasteiger partial charge in [-0.15, -0.1) is 0 Å². The van der Waals surface area contributed by atoms with Crippen molar-refractivity contribution in [2.75, 3.05) is 36.7 Å². The molecule has 0 aliphatic rings. The van der Waals surface area contributed by atoms with Crippen LogP contribution in [0, 0.1) is 0 Å². The van der Waals surface area contributed by atoms with Gasteiger partial charge in [0.2, 0.25) is 0 Å². The van der Waals surface area contributed by atoms with E-state index >= 15 is 0 Å². The van der Waals surface area contributed by atoms with Gasteiger partial charge in [0.1, 0.15) is 5.69 Å². The predicted octanol–water partition coefficient (Wildman–Crippen LogP) is 3.93. The van der Waals surface area contributed by atoms with Gasteiger partial charge in [0.05, 0.1) is 18.4 Å². The number of rotatable bonds is 6. The number of carbonyl (C=O) groups excluding carboxylic acids is 2. The van der Waals surface area contributed by atoms with Crippen molar-refractivity contribution in [3.8, 4) is 0 Å². The highest BCUT2D eigenvalue weighted by atomic mass is 16.5. The highest BCUT2D eigenvalue weighted by Crippen LogP contribution is 2.21. The Hall–Kier alpha value is -3.87. The van der Waals surface area contributed by atoms with Crippen LogP contribution in [-0.4, -0.2) is 38.1 Å². The van der Waals surface area contributed by atoms with Crippen LogP contribution in [0.15, 0.2) is 66.9 Å². The molecule has 0 saturated heterocycles. The molecule has 0 aliphatic carbocycles. The molecule has 0 saturated carbocycles. The molecule has 0 radical (unpaired) electrons. The van der Waals surface area contributed by atoms with Gasteiger partial charge in [-0.25, -0.2) is 4.79 Å². The van der Waals surface area contributed by atoms with Crippen LogP contribution in [0.3, 0.4) is 0 Å². The van der Waals surface area contributed by atoms with Crippen LogP contribution in [0.25, 0.3) is 0 Å². The van der Waals surface area contributed by atoms with E-state index in [0.29, 0.717) is 5.69 Å². The highest BCUT2D eigenvalue weighted by molar-refractivity contribution is 6.07. The Morgan fingerprint density at radius 2 is 1.69 bits per heavy atom. The fourth-order valence-electron chi connectivity index (χ4n) is 2.71. The number of pyridine rings is 1. The minimum absolute atomic E-state index is 0.222. The molecule has 7 heteroatoms. The number of anilines is 4. The molecule has 0 atom stereocenters. The zero-order chi connectivity index (χ0) is 20.8. The van der Waals surface area contributed by atoms with E-state index in [9.17, 15) is 9.59 Å². The summed E-state index contributed by atoms with van der Waals surface area (Å²) in [6, 6.07) is 18.0. The normalized spacial score (nSPS) is 10.2. The average Bonchev–Trinajstić information content (AvgIpc) is 2.74. The molecule has 2 aromatic carbocycles. The summed E-state index contributed by atoms with van der Waals surface area (Å²) < 4.78 is 4.75. The van der Waals surface area contributed by atoms with Gasteiger partial charge in [0, 0.05) is 37.4 Å². The summed E-state index contributed by atoms with van der Waals surface area (Å²) in [7, 11) is 5.26. The molecule has 1 aromatic heterocycles. The zero-order valence-corrected chi connectivity index (χ0v) is 16.5. The molecule has 3 aromatic rings. The molecular weight excluding hydrogens is 368 g/mol. The number of esters is 1. The van der Waals surface area contributed by atoms with E-state index < -0.39 is 11.9 Å². The van der Waals surface area contributed by atoms with Crippen LogP contribution >= 0.6 is 0 Å². The van der Waals surface area contributed by atoms with Crippen molar-refractivity contribution in [2.24, 2.45) is 0 Å². The van der Waals surface area contributed by atoms with Gasteiger partial charge in [0.25, 0.3) is 5.91 Å². The van der Waals surface area contributed by atoms with Crippen LogP contribution in [0.2, 0.25) is 0 Å². The van der Waals surface area contributed by atoms with Crippen molar-refractivity contribution in [2.45, 2.75) is 0 Å². The van der Waals surface area contributed by atoms with E-state index in [1.807, 2.05) is 43.3 Å². The first-order chi connectivity index (χ1) is 14.0. The van der Waals surface area contributed by atoms with Crippen LogP contribution in [0.5, 0.6) is 0 Å². The third kappa shape index (κ3) is 4.90.